The van der Waals surface area contributed by atoms with Gasteiger partial charge in [0.05, 0.1) is 11.6 Å². The van der Waals surface area contributed by atoms with Crippen molar-refractivity contribution in [3.63, 3.8) is 0 Å². The minimum absolute atomic E-state index is 0.0996. The lowest BCUT2D eigenvalue weighted by molar-refractivity contribution is -0.134. The van der Waals surface area contributed by atoms with Crippen molar-refractivity contribution in [1.29, 1.82) is 0 Å². The zero-order valence-electron chi connectivity index (χ0n) is 18.5. The predicted molar refractivity (Wildman–Crippen MR) is 121 cm³/mol. The lowest BCUT2D eigenvalue weighted by Crippen LogP contribution is -2.41. The molecule has 0 spiro atoms. The number of nitrogens with one attached hydrogen (secondary N) is 1. The Balaban J connectivity index is 1.75. The number of hydrogen-bond acceptors (Lipinski definition) is 4. The number of fused-ring (bicyclic) bond motifs is 1. The zero-order chi connectivity index (χ0) is 23.3. The number of amides is 2. The molecule has 168 valence electrons. The number of carbonyl (C=O) groups excluding carboxylic acids is 2. The van der Waals surface area contributed by atoms with Gasteiger partial charge in [0.15, 0.2) is 0 Å². The molecule has 0 aliphatic carbocycles. The summed E-state index contributed by atoms with van der Waals surface area (Å²) in [6.07, 6.45) is 2.46. The average molecular weight is 437 g/mol. The predicted octanol–water partition coefficient (Wildman–Crippen LogP) is 2.95. The summed E-state index contributed by atoms with van der Waals surface area (Å²) in [4.78, 5) is 42.2. The third-order valence-electron chi connectivity index (χ3n) is 5.40. The molecule has 8 nitrogen and oxygen atoms in total. The molecule has 1 aromatic heterocycles. The highest BCUT2D eigenvalue weighted by Gasteiger charge is 2.25. The van der Waals surface area contributed by atoms with Crippen molar-refractivity contribution in [2.75, 3.05) is 14.1 Å². The molecule has 32 heavy (non-hydrogen) atoms. The summed E-state index contributed by atoms with van der Waals surface area (Å²) in [5.41, 5.74) is 1.58. The highest BCUT2D eigenvalue weighted by molar-refractivity contribution is 5.89. The van der Waals surface area contributed by atoms with Gasteiger partial charge in [0.25, 0.3) is 0 Å². The van der Waals surface area contributed by atoms with Gasteiger partial charge in [-0.3, -0.25) is 9.59 Å². The maximum absolute atomic E-state index is 13.2. The summed E-state index contributed by atoms with van der Waals surface area (Å²) in [7, 11) is 3.35. The third-order valence-corrected chi connectivity index (χ3v) is 5.40. The Morgan fingerprint density at radius 2 is 1.81 bits per heavy atom. The normalized spacial score (nSPS) is 12.8. The Labute approximate surface area is 186 Å². The van der Waals surface area contributed by atoms with Crippen LogP contribution in [0.3, 0.4) is 0 Å². The van der Waals surface area contributed by atoms with Crippen LogP contribution in [0.4, 0.5) is 4.79 Å². The van der Waals surface area contributed by atoms with Gasteiger partial charge in [-0.05, 0) is 29.7 Å². The number of benzene rings is 2. The summed E-state index contributed by atoms with van der Waals surface area (Å²) >= 11 is 0. The fourth-order valence-electron chi connectivity index (χ4n) is 3.69. The van der Waals surface area contributed by atoms with Gasteiger partial charge in [-0.1, -0.05) is 42.5 Å². The molecule has 8 heteroatoms. The monoisotopic (exact) mass is 436 g/mol. The highest BCUT2D eigenvalue weighted by Crippen LogP contribution is 2.23. The van der Waals surface area contributed by atoms with Gasteiger partial charge in [-0.15, -0.1) is 0 Å². The first-order chi connectivity index (χ1) is 15.2. The number of hydrogen-bond donors (Lipinski definition) is 2. The molecule has 2 amide bonds. The van der Waals surface area contributed by atoms with Crippen LogP contribution in [0.15, 0.2) is 55.0 Å². The van der Waals surface area contributed by atoms with E-state index in [1.165, 1.54) is 17.4 Å². The molecule has 0 aliphatic rings. The second-order valence-corrected chi connectivity index (χ2v) is 8.20. The van der Waals surface area contributed by atoms with Crippen LogP contribution < -0.4 is 5.32 Å². The Morgan fingerprint density at radius 3 is 2.50 bits per heavy atom. The third kappa shape index (κ3) is 5.72. The van der Waals surface area contributed by atoms with E-state index in [2.05, 4.69) is 10.3 Å². The molecule has 2 aromatic carbocycles. The fraction of sp³-hybridized carbons (Fsp3) is 0.333. The Bertz CT molecular complexity index is 1120. The van der Waals surface area contributed by atoms with Crippen molar-refractivity contribution in [3.05, 3.63) is 66.2 Å². The van der Waals surface area contributed by atoms with Gasteiger partial charge in [0.1, 0.15) is 6.33 Å². The van der Waals surface area contributed by atoms with Gasteiger partial charge in [-0.25, -0.2) is 14.3 Å². The van der Waals surface area contributed by atoms with Crippen molar-refractivity contribution < 1.29 is 19.5 Å². The molecule has 1 heterocycles. The first-order valence-electron chi connectivity index (χ1n) is 10.5. The first-order valence-corrected chi connectivity index (χ1v) is 10.5. The molecule has 0 bridgehead atoms. The number of carbonyl (C=O) groups is 3. The van der Waals surface area contributed by atoms with Crippen LogP contribution in [0.5, 0.6) is 0 Å². The minimum atomic E-state index is -1.11. The number of nitrogens with zero attached hydrogens (tertiary/aromatic N) is 3. The average Bonchev–Trinajstić information content (AvgIpc) is 3.22. The molecule has 3 aromatic rings. The van der Waals surface area contributed by atoms with Gasteiger partial charge in [-0.2, -0.15) is 0 Å². The molecule has 0 aliphatic heterocycles. The smallest absolute Gasteiger partial charge is 0.416 e. The SMILES string of the molecule is C[C@H](Cc1cn(C(=O)O)cn1)NC(=O)C(CC(=O)N(C)C)Cc1cccc2ccccc12. The summed E-state index contributed by atoms with van der Waals surface area (Å²) in [5, 5.41) is 14.1. The highest BCUT2D eigenvalue weighted by atomic mass is 16.4. The van der Waals surface area contributed by atoms with Crippen LogP contribution in [0, 0.1) is 5.92 Å². The van der Waals surface area contributed by atoms with Gasteiger partial charge in [0.2, 0.25) is 11.8 Å². The van der Waals surface area contributed by atoms with Gasteiger partial charge in [0, 0.05) is 39.2 Å². The molecule has 0 saturated carbocycles. The summed E-state index contributed by atoms with van der Waals surface area (Å²) in [6.45, 7) is 1.83. The quantitative estimate of drug-likeness (QED) is 0.565. The largest absolute Gasteiger partial charge is 0.464 e. The minimum Gasteiger partial charge on any atom is -0.464 e. The van der Waals surface area contributed by atoms with E-state index < -0.39 is 12.0 Å². The van der Waals surface area contributed by atoms with E-state index in [0.717, 1.165) is 20.9 Å². The lowest BCUT2D eigenvalue weighted by atomic mass is 9.91. The van der Waals surface area contributed by atoms with Crippen LogP contribution in [0.1, 0.15) is 24.6 Å². The first kappa shape index (κ1) is 23.0. The fourth-order valence-corrected chi connectivity index (χ4v) is 3.69. The van der Waals surface area contributed by atoms with Crippen LogP contribution in [-0.2, 0) is 22.4 Å². The molecule has 3 rings (SSSR count). The number of rotatable bonds is 8. The van der Waals surface area contributed by atoms with Crippen LogP contribution in [0.25, 0.3) is 10.8 Å². The standard InChI is InChI=1S/C24H28N4O4/c1-16(11-20-14-28(15-25-20)24(31)32)26-23(30)19(13-22(29)27(2)3)12-18-9-6-8-17-7-4-5-10-21(17)18/h4-10,14-16,19H,11-13H2,1-3H3,(H,26,30)(H,31,32)/t16-,19?/m1/s1. The summed E-state index contributed by atoms with van der Waals surface area (Å²) < 4.78 is 0.975. The van der Waals surface area contributed by atoms with Crippen molar-refractivity contribution in [1.82, 2.24) is 19.8 Å². The van der Waals surface area contributed by atoms with Gasteiger partial charge < -0.3 is 15.3 Å². The van der Waals surface area contributed by atoms with E-state index in [9.17, 15) is 14.4 Å². The molecule has 0 saturated heterocycles. The van der Waals surface area contributed by atoms with Crippen molar-refractivity contribution in [2.24, 2.45) is 5.92 Å². The van der Waals surface area contributed by atoms with Crippen molar-refractivity contribution in [3.8, 4) is 0 Å². The number of imidazole rings is 1. The van der Waals surface area contributed by atoms with E-state index in [-0.39, 0.29) is 24.3 Å². The van der Waals surface area contributed by atoms with Crippen LogP contribution in [0.2, 0.25) is 0 Å². The van der Waals surface area contributed by atoms with E-state index >= 15 is 0 Å². The molecule has 0 fully saturated rings. The molecule has 1 unspecified atom stereocenters. The topological polar surface area (TPSA) is 105 Å². The van der Waals surface area contributed by atoms with E-state index in [1.807, 2.05) is 49.4 Å². The maximum Gasteiger partial charge on any atom is 0.416 e. The second kappa shape index (κ2) is 10.1. The maximum atomic E-state index is 13.2. The Kier molecular flexibility index (Phi) is 7.25. The molecule has 0 radical (unpaired) electrons. The number of carboxylic acid groups (broad SMARTS) is 1. The number of aromatic nitrogens is 2. The van der Waals surface area contributed by atoms with Gasteiger partial charge >= 0.3 is 6.09 Å². The van der Waals surface area contributed by atoms with E-state index in [1.54, 1.807) is 14.1 Å². The Hall–Kier alpha value is -3.68. The molecular formula is C24H28N4O4. The zero-order valence-corrected chi connectivity index (χ0v) is 18.5. The summed E-state index contributed by atoms with van der Waals surface area (Å²) in [6, 6.07) is 13.7. The van der Waals surface area contributed by atoms with E-state index in [0.29, 0.717) is 18.5 Å². The molecule has 2 atom stereocenters. The second-order valence-electron chi connectivity index (χ2n) is 8.20. The van der Waals surface area contributed by atoms with Crippen LogP contribution in [-0.4, -0.2) is 57.6 Å². The van der Waals surface area contributed by atoms with Crippen LogP contribution >= 0.6 is 0 Å². The Morgan fingerprint density at radius 1 is 1.09 bits per heavy atom. The lowest BCUT2D eigenvalue weighted by Gasteiger charge is -2.22. The van der Waals surface area contributed by atoms with Crippen molar-refractivity contribution in [2.45, 2.75) is 32.2 Å². The van der Waals surface area contributed by atoms with Crippen molar-refractivity contribution >= 4 is 28.7 Å². The molecular weight excluding hydrogens is 408 g/mol. The van der Waals surface area contributed by atoms with E-state index in [4.69, 9.17) is 5.11 Å². The summed E-state index contributed by atoms with van der Waals surface area (Å²) in [5.74, 6) is -0.855. The molecule has 2 N–H and O–H groups in total.